The van der Waals surface area contributed by atoms with Crippen molar-refractivity contribution in [3.05, 3.63) is 46.5 Å². The van der Waals surface area contributed by atoms with Gasteiger partial charge >= 0.3 is 0 Å². The predicted molar refractivity (Wildman–Crippen MR) is 94.2 cm³/mol. The Balaban J connectivity index is 1.85. The highest BCUT2D eigenvalue weighted by Crippen LogP contribution is 2.20. The fourth-order valence-corrected chi connectivity index (χ4v) is 3.08. The van der Waals surface area contributed by atoms with Gasteiger partial charge in [0.15, 0.2) is 0 Å². The summed E-state index contributed by atoms with van der Waals surface area (Å²) in [6.07, 6.45) is 0. The molecule has 0 aliphatic carbocycles. The van der Waals surface area contributed by atoms with Crippen LogP contribution >= 0.6 is 11.6 Å². The number of para-hydroxylation sites is 2. The molecular weight excluding hydrogens is 326 g/mol. The molecule has 1 N–H and O–H groups in total. The summed E-state index contributed by atoms with van der Waals surface area (Å²) < 4.78 is 3.72. The van der Waals surface area contributed by atoms with Crippen molar-refractivity contribution < 1.29 is 4.79 Å². The summed E-state index contributed by atoms with van der Waals surface area (Å²) in [5.41, 5.74) is 3.05. The number of aromatic nitrogens is 4. The van der Waals surface area contributed by atoms with E-state index in [1.165, 1.54) is 0 Å². The molecule has 0 aliphatic rings. The molecule has 2 aromatic heterocycles. The van der Waals surface area contributed by atoms with Crippen molar-refractivity contribution in [2.75, 3.05) is 0 Å². The molecule has 0 fully saturated rings. The number of carbonyl (C=O) groups excluding carboxylic acids is 1. The van der Waals surface area contributed by atoms with Crippen LogP contribution in [0.15, 0.2) is 24.3 Å². The van der Waals surface area contributed by atoms with Gasteiger partial charge in [-0.25, -0.2) is 4.98 Å². The Bertz CT molecular complexity index is 896. The Morgan fingerprint density at radius 2 is 2.00 bits per heavy atom. The van der Waals surface area contributed by atoms with E-state index in [1.54, 1.807) is 11.6 Å². The molecule has 3 rings (SSSR count). The highest BCUT2D eigenvalue weighted by Gasteiger charge is 2.20. The van der Waals surface area contributed by atoms with Gasteiger partial charge in [-0.15, -0.1) is 0 Å². The molecule has 7 heteroatoms. The number of imidazole rings is 1. The second kappa shape index (κ2) is 6.65. The monoisotopic (exact) mass is 345 g/mol. The van der Waals surface area contributed by atoms with Gasteiger partial charge in [-0.05, 0) is 32.9 Å². The van der Waals surface area contributed by atoms with E-state index < -0.39 is 0 Å². The molecule has 0 saturated carbocycles. The lowest BCUT2D eigenvalue weighted by atomic mass is 10.3. The molecular formula is C17H20ClN5O. The zero-order valence-electron chi connectivity index (χ0n) is 14.0. The summed E-state index contributed by atoms with van der Waals surface area (Å²) in [6.45, 7) is 7.50. The number of fused-ring (bicyclic) bond motifs is 1. The number of nitrogens with one attached hydrogen (secondary N) is 1. The number of hydrogen-bond donors (Lipinski definition) is 1. The number of halogens is 1. The van der Waals surface area contributed by atoms with Gasteiger partial charge in [0, 0.05) is 13.1 Å². The van der Waals surface area contributed by atoms with Crippen LogP contribution in [-0.2, 0) is 19.6 Å². The van der Waals surface area contributed by atoms with Crippen molar-refractivity contribution in [2.24, 2.45) is 0 Å². The standard InChI is InChI=1S/C17H20ClN5O/c1-4-22-13-9-7-6-8-12(13)20-14(22)10-19-17(24)16-15(18)11(3)21-23(16)5-2/h6-9H,4-5,10H2,1-3H3,(H,19,24). The van der Waals surface area contributed by atoms with Crippen molar-refractivity contribution in [3.63, 3.8) is 0 Å². The van der Waals surface area contributed by atoms with Crippen LogP contribution in [-0.4, -0.2) is 25.2 Å². The summed E-state index contributed by atoms with van der Waals surface area (Å²) in [5.74, 6) is 0.583. The number of carbonyl (C=O) groups is 1. The van der Waals surface area contributed by atoms with Crippen LogP contribution in [0.1, 0.15) is 35.9 Å². The van der Waals surface area contributed by atoms with Crippen LogP contribution in [0.5, 0.6) is 0 Å². The van der Waals surface area contributed by atoms with Crippen LogP contribution in [0.4, 0.5) is 0 Å². The van der Waals surface area contributed by atoms with Gasteiger partial charge in [0.2, 0.25) is 0 Å². The predicted octanol–water partition coefficient (Wildman–Crippen LogP) is 3.16. The van der Waals surface area contributed by atoms with E-state index in [4.69, 9.17) is 11.6 Å². The second-order valence-electron chi connectivity index (χ2n) is 5.51. The first kappa shape index (κ1) is 16.5. The molecule has 1 amide bonds. The maximum atomic E-state index is 12.6. The van der Waals surface area contributed by atoms with E-state index in [9.17, 15) is 4.79 Å². The van der Waals surface area contributed by atoms with Crippen molar-refractivity contribution in [3.8, 4) is 0 Å². The zero-order chi connectivity index (χ0) is 17.3. The van der Waals surface area contributed by atoms with Gasteiger partial charge < -0.3 is 9.88 Å². The molecule has 3 aromatic rings. The molecule has 2 heterocycles. The Morgan fingerprint density at radius 1 is 1.25 bits per heavy atom. The molecule has 1 aromatic carbocycles. The minimum Gasteiger partial charge on any atom is -0.343 e. The fourth-order valence-electron chi connectivity index (χ4n) is 2.86. The normalized spacial score (nSPS) is 11.2. The quantitative estimate of drug-likeness (QED) is 0.772. The number of rotatable bonds is 5. The van der Waals surface area contributed by atoms with Crippen LogP contribution in [0, 0.1) is 6.92 Å². The number of hydrogen-bond acceptors (Lipinski definition) is 3. The van der Waals surface area contributed by atoms with E-state index >= 15 is 0 Å². The summed E-state index contributed by atoms with van der Waals surface area (Å²) >= 11 is 6.23. The van der Waals surface area contributed by atoms with Gasteiger partial charge in [-0.1, -0.05) is 23.7 Å². The lowest BCUT2D eigenvalue weighted by Crippen LogP contribution is -2.27. The Kier molecular flexibility index (Phi) is 4.57. The Morgan fingerprint density at radius 3 is 2.71 bits per heavy atom. The molecule has 0 atom stereocenters. The number of benzene rings is 1. The average Bonchev–Trinajstić information content (AvgIpc) is 3.09. The van der Waals surface area contributed by atoms with Crippen LogP contribution < -0.4 is 5.32 Å². The highest BCUT2D eigenvalue weighted by molar-refractivity contribution is 6.34. The highest BCUT2D eigenvalue weighted by atomic mass is 35.5. The minimum absolute atomic E-state index is 0.239. The molecule has 0 bridgehead atoms. The lowest BCUT2D eigenvalue weighted by molar-refractivity contribution is 0.0939. The van der Waals surface area contributed by atoms with E-state index in [2.05, 4.69) is 26.9 Å². The molecule has 6 nitrogen and oxygen atoms in total. The van der Waals surface area contributed by atoms with Crippen molar-refractivity contribution in [2.45, 2.75) is 40.4 Å². The summed E-state index contributed by atoms with van der Waals surface area (Å²) in [6, 6.07) is 7.95. The largest absolute Gasteiger partial charge is 0.343 e. The maximum Gasteiger partial charge on any atom is 0.271 e. The van der Waals surface area contributed by atoms with E-state index in [0.29, 0.717) is 29.5 Å². The first-order chi connectivity index (χ1) is 11.6. The number of aryl methyl sites for hydroxylation is 3. The first-order valence-electron chi connectivity index (χ1n) is 8.02. The molecule has 0 unspecified atom stereocenters. The van der Waals surface area contributed by atoms with E-state index in [0.717, 1.165) is 23.4 Å². The minimum atomic E-state index is -0.239. The van der Waals surface area contributed by atoms with E-state index in [-0.39, 0.29) is 5.91 Å². The second-order valence-corrected chi connectivity index (χ2v) is 5.89. The smallest absolute Gasteiger partial charge is 0.271 e. The molecule has 0 saturated heterocycles. The third kappa shape index (κ3) is 2.78. The van der Waals surface area contributed by atoms with Gasteiger partial charge in [0.25, 0.3) is 5.91 Å². The lowest BCUT2D eigenvalue weighted by Gasteiger charge is -2.09. The topological polar surface area (TPSA) is 64.7 Å². The average molecular weight is 346 g/mol. The number of amides is 1. The summed E-state index contributed by atoms with van der Waals surface area (Å²) in [5, 5.41) is 7.59. The zero-order valence-corrected chi connectivity index (χ0v) is 14.8. The SMILES string of the molecule is CCn1nc(C)c(Cl)c1C(=O)NCc1nc2ccccc2n1CC. The molecule has 0 spiro atoms. The first-order valence-corrected chi connectivity index (χ1v) is 8.39. The van der Waals surface area contributed by atoms with Crippen LogP contribution in [0.3, 0.4) is 0 Å². The van der Waals surface area contributed by atoms with Crippen molar-refractivity contribution in [1.82, 2.24) is 24.6 Å². The van der Waals surface area contributed by atoms with Crippen molar-refractivity contribution in [1.29, 1.82) is 0 Å². The molecule has 126 valence electrons. The summed E-state index contributed by atoms with van der Waals surface area (Å²) in [4.78, 5) is 17.2. The molecule has 0 aliphatic heterocycles. The van der Waals surface area contributed by atoms with Gasteiger partial charge in [-0.3, -0.25) is 9.48 Å². The van der Waals surface area contributed by atoms with Crippen LogP contribution in [0.25, 0.3) is 11.0 Å². The van der Waals surface area contributed by atoms with Gasteiger partial charge in [0.05, 0.1) is 28.3 Å². The van der Waals surface area contributed by atoms with E-state index in [1.807, 2.05) is 31.2 Å². The maximum absolute atomic E-state index is 12.6. The fraction of sp³-hybridized carbons (Fsp3) is 0.353. The Hall–Kier alpha value is -2.34. The third-order valence-corrected chi connectivity index (χ3v) is 4.48. The third-order valence-electron chi connectivity index (χ3n) is 4.03. The molecule has 24 heavy (non-hydrogen) atoms. The number of nitrogens with zero attached hydrogens (tertiary/aromatic N) is 4. The Labute approximate surface area is 145 Å². The van der Waals surface area contributed by atoms with Crippen LogP contribution in [0.2, 0.25) is 5.02 Å². The van der Waals surface area contributed by atoms with Gasteiger partial charge in [0.1, 0.15) is 11.5 Å². The summed E-state index contributed by atoms with van der Waals surface area (Å²) in [7, 11) is 0. The van der Waals surface area contributed by atoms with Gasteiger partial charge in [-0.2, -0.15) is 5.10 Å². The van der Waals surface area contributed by atoms with Crippen molar-refractivity contribution >= 4 is 28.5 Å². The molecule has 0 radical (unpaired) electrons.